The lowest BCUT2D eigenvalue weighted by molar-refractivity contribution is -0.464. The molecule has 2 N–H and O–H groups in total. The minimum absolute atomic E-state index is 0. The minimum Gasteiger partial charge on any atom is -1.00 e. The Kier molecular flexibility index (Phi) is 4.45. The number of hydrogen-bond acceptors (Lipinski definition) is 3. The van der Waals surface area contributed by atoms with Crippen molar-refractivity contribution >= 4 is 28.8 Å². The number of halogens is 1. The number of benzene rings is 1. The number of hydrogen-bond donors (Lipinski definition) is 2. The highest BCUT2D eigenvalue weighted by molar-refractivity contribution is 8.03. The number of rotatable bonds is 1. The lowest BCUT2D eigenvalue weighted by atomic mass is 10.1. The van der Waals surface area contributed by atoms with Crippen LogP contribution in [-0.4, -0.2) is 31.4 Å². The Hall–Kier alpha value is -1.39. The summed E-state index contributed by atoms with van der Waals surface area (Å²) < 4.78 is 2.18. The molecule has 20 heavy (non-hydrogen) atoms. The molecule has 1 aliphatic heterocycles. The van der Waals surface area contributed by atoms with Gasteiger partial charge in [0.2, 0.25) is 0 Å². The third-order valence-corrected chi connectivity index (χ3v) is 4.60. The van der Waals surface area contributed by atoms with Crippen molar-refractivity contribution in [3.05, 3.63) is 41.0 Å². The molecule has 2 aliphatic rings. The Morgan fingerprint density at radius 3 is 2.75 bits per heavy atom. The Balaban J connectivity index is 0.00000147. The number of allylic oxidation sites excluding steroid dienone is 3. The van der Waals surface area contributed by atoms with Crippen LogP contribution in [0.1, 0.15) is 6.42 Å². The van der Waals surface area contributed by atoms with Gasteiger partial charge in [0.1, 0.15) is 14.1 Å². The van der Waals surface area contributed by atoms with E-state index >= 15 is 0 Å². The highest BCUT2D eigenvalue weighted by Gasteiger charge is 2.23. The molecule has 0 bridgehead atoms. The van der Waals surface area contributed by atoms with Crippen molar-refractivity contribution < 1.29 is 17.0 Å². The van der Waals surface area contributed by atoms with Gasteiger partial charge in [-0.3, -0.25) is 0 Å². The standard InChI is InChI=1S/C15H18N3S.ClH/c1-16-10-4-6-12-14(8-10)19-15-9-11(18(2)3)5-7-13(15)17-12;/h4-8,16-17H,9H2,1-3H3;1H/q+1;/p-1. The largest absolute Gasteiger partial charge is 1.00 e. The van der Waals surface area contributed by atoms with Gasteiger partial charge in [-0.05, 0) is 24.3 Å². The van der Waals surface area contributed by atoms with E-state index in [1.807, 2.05) is 18.8 Å². The first-order valence-corrected chi connectivity index (χ1v) is 7.20. The van der Waals surface area contributed by atoms with E-state index in [9.17, 15) is 0 Å². The fraction of sp³-hybridized carbons (Fsp3) is 0.267. The Bertz CT molecular complexity index is 628. The predicted molar refractivity (Wildman–Crippen MR) is 83.4 cm³/mol. The quantitative estimate of drug-likeness (QED) is 0.723. The summed E-state index contributed by atoms with van der Waals surface area (Å²) in [5.41, 5.74) is 4.93. The molecule has 3 nitrogen and oxygen atoms in total. The van der Waals surface area contributed by atoms with Gasteiger partial charge in [-0.25, -0.2) is 4.58 Å². The van der Waals surface area contributed by atoms with E-state index < -0.39 is 0 Å². The van der Waals surface area contributed by atoms with E-state index in [4.69, 9.17) is 0 Å². The van der Waals surface area contributed by atoms with Crippen molar-refractivity contribution in [2.24, 2.45) is 0 Å². The maximum Gasteiger partial charge on any atom is 0.180 e. The van der Waals surface area contributed by atoms with Gasteiger partial charge < -0.3 is 23.0 Å². The monoisotopic (exact) mass is 307 g/mol. The van der Waals surface area contributed by atoms with Crippen molar-refractivity contribution in [1.29, 1.82) is 0 Å². The summed E-state index contributed by atoms with van der Waals surface area (Å²) in [7, 11) is 6.15. The molecule has 106 valence electrons. The van der Waals surface area contributed by atoms with Crippen LogP contribution in [-0.2, 0) is 0 Å². The molecular formula is C15H18ClN3S. The highest BCUT2D eigenvalue weighted by Crippen LogP contribution is 2.43. The molecule has 1 heterocycles. The molecule has 0 aromatic heterocycles. The van der Waals surface area contributed by atoms with Gasteiger partial charge in [-0.2, -0.15) is 0 Å². The van der Waals surface area contributed by atoms with Gasteiger partial charge in [0, 0.05) is 34.3 Å². The molecule has 0 atom stereocenters. The van der Waals surface area contributed by atoms with Crippen molar-refractivity contribution in [2.45, 2.75) is 11.3 Å². The van der Waals surface area contributed by atoms with Crippen LogP contribution in [0.5, 0.6) is 0 Å². The summed E-state index contributed by atoms with van der Waals surface area (Å²) in [6, 6.07) is 6.43. The second-order valence-corrected chi connectivity index (χ2v) is 6.06. The van der Waals surface area contributed by atoms with Crippen molar-refractivity contribution in [1.82, 2.24) is 0 Å². The second kappa shape index (κ2) is 5.94. The molecule has 1 aromatic carbocycles. The first-order valence-electron chi connectivity index (χ1n) is 6.38. The average molecular weight is 308 g/mol. The number of fused-ring (bicyclic) bond motifs is 1. The van der Waals surface area contributed by atoms with Crippen molar-refractivity contribution in [3.8, 4) is 0 Å². The first-order chi connectivity index (χ1) is 9.17. The van der Waals surface area contributed by atoms with E-state index in [1.54, 1.807) is 0 Å². The molecule has 0 saturated heterocycles. The van der Waals surface area contributed by atoms with E-state index in [0.717, 1.165) is 12.1 Å². The summed E-state index contributed by atoms with van der Waals surface area (Å²) in [4.78, 5) is 2.69. The number of thioether (sulfide) groups is 1. The van der Waals surface area contributed by atoms with Crippen LogP contribution in [0, 0.1) is 0 Å². The molecule has 0 radical (unpaired) electrons. The number of anilines is 2. The molecule has 0 unspecified atom stereocenters. The predicted octanol–water partition coefficient (Wildman–Crippen LogP) is 0.134. The summed E-state index contributed by atoms with van der Waals surface area (Å²) in [5, 5.41) is 6.71. The Morgan fingerprint density at radius 1 is 1.25 bits per heavy atom. The smallest absolute Gasteiger partial charge is 0.180 e. The Labute approximate surface area is 130 Å². The van der Waals surface area contributed by atoms with Crippen LogP contribution in [0.2, 0.25) is 0 Å². The van der Waals surface area contributed by atoms with Gasteiger partial charge in [-0.15, -0.1) is 0 Å². The van der Waals surface area contributed by atoms with Crippen molar-refractivity contribution in [3.63, 3.8) is 0 Å². The lowest BCUT2D eigenvalue weighted by Crippen LogP contribution is -3.00. The fourth-order valence-electron chi connectivity index (χ4n) is 2.24. The zero-order chi connectivity index (χ0) is 13.4. The van der Waals surface area contributed by atoms with Crippen LogP contribution in [0.3, 0.4) is 0 Å². The summed E-state index contributed by atoms with van der Waals surface area (Å²) in [6.07, 6.45) is 5.37. The lowest BCUT2D eigenvalue weighted by Gasteiger charge is -2.24. The molecule has 1 aromatic rings. The van der Waals surface area contributed by atoms with Gasteiger partial charge in [-0.1, -0.05) is 11.8 Å². The fourth-order valence-corrected chi connectivity index (χ4v) is 3.37. The Morgan fingerprint density at radius 2 is 2.05 bits per heavy atom. The number of nitrogens with one attached hydrogen (secondary N) is 2. The molecule has 0 amide bonds. The molecule has 0 spiro atoms. The van der Waals surface area contributed by atoms with Gasteiger partial charge in [0.05, 0.1) is 12.1 Å². The maximum absolute atomic E-state index is 3.52. The zero-order valence-electron chi connectivity index (χ0n) is 11.8. The van der Waals surface area contributed by atoms with Crippen LogP contribution in [0.4, 0.5) is 11.4 Å². The molecule has 1 aliphatic carbocycles. The van der Waals surface area contributed by atoms with Crippen LogP contribution < -0.4 is 23.0 Å². The maximum atomic E-state index is 3.52. The molecule has 3 rings (SSSR count). The summed E-state index contributed by atoms with van der Waals surface area (Å²) in [6.45, 7) is 0. The average Bonchev–Trinajstić information content (AvgIpc) is 2.43. The molecule has 0 saturated carbocycles. The third kappa shape index (κ3) is 2.72. The van der Waals surface area contributed by atoms with Gasteiger partial charge >= 0.3 is 0 Å². The van der Waals surface area contributed by atoms with Gasteiger partial charge in [0.25, 0.3) is 0 Å². The SMILES string of the molecule is CNc1ccc2c(c1)SC1=C(C=CC(=[N+](C)C)C1)N2.[Cl-]. The van der Waals surface area contributed by atoms with Gasteiger partial charge in [0.15, 0.2) is 5.71 Å². The van der Waals surface area contributed by atoms with Crippen LogP contribution in [0.15, 0.2) is 45.8 Å². The van der Waals surface area contributed by atoms with E-state index in [0.29, 0.717) is 0 Å². The van der Waals surface area contributed by atoms with E-state index in [1.165, 1.54) is 26.9 Å². The second-order valence-electron chi connectivity index (χ2n) is 4.92. The zero-order valence-corrected chi connectivity index (χ0v) is 13.4. The van der Waals surface area contributed by atoms with Crippen LogP contribution in [0.25, 0.3) is 0 Å². The topological polar surface area (TPSA) is 27.1 Å². The normalized spacial score (nSPS) is 15.8. The molecular weight excluding hydrogens is 290 g/mol. The minimum atomic E-state index is 0. The van der Waals surface area contributed by atoms with Crippen LogP contribution >= 0.6 is 11.8 Å². The third-order valence-electron chi connectivity index (χ3n) is 3.43. The summed E-state index contributed by atoms with van der Waals surface area (Å²) >= 11 is 1.87. The molecule has 5 heteroatoms. The summed E-state index contributed by atoms with van der Waals surface area (Å²) in [5.74, 6) is 0. The number of nitrogens with zero attached hydrogens (tertiary/aromatic N) is 1. The van der Waals surface area contributed by atoms with E-state index in [2.05, 4.69) is 59.7 Å². The van der Waals surface area contributed by atoms with Crippen molar-refractivity contribution in [2.75, 3.05) is 31.8 Å². The first kappa shape index (κ1) is 15.0. The highest BCUT2D eigenvalue weighted by atomic mass is 35.5. The molecule has 0 fully saturated rings. The van der Waals surface area contributed by atoms with E-state index in [-0.39, 0.29) is 12.4 Å².